The van der Waals surface area contributed by atoms with E-state index in [2.05, 4.69) is 180 Å². The zero-order chi connectivity index (χ0) is 34.4. The van der Waals surface area contributed by atoms with Crippen LogP contribution in [0.15, 0.2) is 138 Å². The number of benzene rings is 6. The lowest BCUT2D eigenvalue weighted by atomic mass is 9.78. The topological polar surface area (TPSA) is 34.8 Å². The number of hydrogen-bond acceptors (Lipinski definition) is 4. The van der Waals surface area contributed by atoms with Crippen LogP contribution in [0.5, 0.6) is 0 Å². The van der Waals surface area contributed by atoms with Gasteiger partial charge in [0.1, 0.15) is 11.2 Å². The van der Waals surface area contributed by atoms with Gasteiger partial charge >= 0.3 is 7.12 Å². The average Bonchev–Trinajstić information content (AvgIpc) is 3.68. The van der Waals surface area contributed by atoms with E-state index in [4.69, 9.17) is 13.7 Å². The monoisotopic (exact) mass is 653 g/mol. The molecule has 1 fully saturated rings. The summed E-state index contributed by atoms with van der Waals surface area (Å²) in [5.74, 6) is 0. The molecule has 0 spiro atoms. The molecule has 1 aromatic heterocycles. The van der Waals surface area contributed by atoms with Crippen LogP contribution in [0, 0.1) is 0 Å². The average molecular weight is 654 g/mol. The lowest BCUT2D eigenvalue weighted by Crippen LogP contribution is -2.41. The Morgan fingerprint density at radius 1 is 0.500 bits per heavy atom. The SMILES string of the molecule is CC1(C)c2ccccc2-c2ccc(N(c3ccc(-c4ccccc4)cc3)c3ccc4oc5c(B6OC(C)(C)C(C)(C)O6)cccc5c4c3)cc21. The molecule has 0 atom stereocenters. The van der Waals surface area contributed by atoms with Gasteiger partial charge in [-0.1, -0.05) is 105 Å². The molecule has 1 aliphatic heterocycles. The van der Waals surface area contributed by atoms with Crippen molar-refractivity contribution in [3.63, 3.8) is 0 Å². The van der Waals surface area contributed by atoms with Gasteiger partial charge < -0.3 is 18.6 Å². The number of fused-ring (bicyclic) bond motifs is 6. The van der Waals surface area contributed by atoms with Gasteiger partial charge in [-0.05, 0) is 104 Å². The normalized spacial score (nSPS) is 16.9. The molecular formula is C45H40BNO3. The van der Waals surface area contributed by atoms with Gasteiger partial charge in [-0.3, -0.25) is 0 Å². The highest BCUT2D eigenvalue weighted by Crippen LogP contribution is 2.51. The standard InChI is InChI=1S/C45H40BNO3/c1-43(2)38-17-11-10-15-34(38)35-25-23-33(28-39(35)43)47(31-21-19-30(20-22-31)29-13-8-7-9-14-29)32-24-26-41-37(27-32)36-16-12-18-40(42(36)48-41)46-49-44(3,4)45(5,6)50-46/h7-28H,1-6H3. The Hall–Kier alpha value is -5.10. The zero-order valence-corrected chi connectivity index (χ0v) is 29.5. The Kier molecular flexibility index (Phi) is 6.77. The Balaban J connectivity index is 1.19. The molecule has 0 unspecified atom stereocenters. The van der Waals surface area contributed by atoms with Crippen molar-refractivity contribution in [3.05, 3.63) is 145 Å². The highest BCUT2D eigenvalue weighted by molar-refractivity contribution is 6.65. The summed E-state index contributed by atoms with van der Waals surface area (Å²) in [6, 6.07) is 47.9. The van der Waals surface area contributed by atoms with E-state index in [9.17, 15) is 0 Å². The molecule has 1 aliphatic carbocycles. The maximum Gasteiger partial charge on any atom is 0.498 e. The minimum Gasteiger partial charge on any atom is -0.456 e. The first kappa shape index (κ1) is 30.9. The van der Waals surface area contributed by atoms with Crippen molar-refractivity contribution in [1.29, 1.82) is 0 Å². The van der Waals surface area contributed by atoms with Gasteiger partial charge in [-0.15, -0.1) is 0 Å². The molecule has 1 saturated heterocycles. The number of hydrogen-bond donors (Lipinski definition) is 0. The molecular weight excluding hydrogens is 613 g/mol. The van der Waals surface area contributed by atoms with Crippen LogP contribution in [0.4, 0.5) is 17.1 Å². The Bertz CT molecular complexity index is 2410. The molecule has 9 rings (SSSR count). The second-order valence-corrected chi connectivity index (χ2v) is 15.2. The van der Waals surface area contributed by atoms with Crippen molar-refractivity contribution in [2.75, 3.05) is 4.90 Å². The molecule has 0 radical (unpaired) electrons. The summed E-state index contributed by atoms with van der Waals surface area (Å²) in [5.41, 5.74) is 12.5. The van der Waals surface area contributed by atoms with Crippen LogP contribution in [-0.2, 0) is 14.7 Å². The number of para-hydroxylation sites is 1. The molecule has 0 amide bonds. The van der Waals surface area contributed by atoms with E-state index in [0.717, 1.165) is 44.5 Å². The van der Waals surface area contributed by atoms with Gasteiger partial charge in [0.15, 0.2) is 0 Å². The molecule has 246 valence electrons. The molecule has 5 heteroatoms. The minimum absolute atomic E-state index is 0.112. The van der Waals surface area contributed by atoms with E-state index in [-0.39, 0.29) is 5.41 Å². The maximum atomic E-state index is 6.59. The zero-order valence-electron chi connectivity index (χ0n) is 29.5. The third-order valence-electron chi connectivity index (χ3n) is 11.3. The highest BCUT2D eigenvalue weighted by Gasteiger charge is 2.52. The van der Waals surface area contributed by atoms with Gasteiger partial charge in [-0.25, -0.2) is 0 Å². The summed E-state index contributed by atoms with van der Waals surface area (Å²) in [6.45, 7) is 13.0. The smallest absolute Gasteiger partial charge is 0.456 e. The predicted molar refractivity (Wildman–Crippen MR) is 207 cm³/mol. The predicted octanol–water partition coefficient (Wildman–Crippen LogP) is 11.3. The van der Waals surface area contributed by atoms with E-state index in [1.165, 1.54) is 33.4 Å². The minimum atomic E-state index is -0.512. The Labute approximate surface area is 294 Å². The van der Waals surface area contributed by atoms with Crippen LogP contribution in [-0.4, -0.2) is 18.3 Å². The van der Waals surface area contributed by atoms with Crippen LogP contribution in [0.25, 0.3) is 44.2 Å². The van der Waals surface area contributed by atoms with Crippen LogP contribution in [0.1, 0.15) is 52.7 Å². The second-order valence-electron chi connectivity index (χ2n) is 15.2. The van der Waals surface area contributed by atoms with Crippen LogP contribution in [0.3, 0.4) is 0 Å². The van der Waals surface area contributed by atoms with Crippen molar-refractivity contribution in [2.45, 2.75) is 58.2 Å². The van der Waals surface area contributed by atoms with Crippen LogP contribution < -0.4 is 10.4 Å². The molecule has 2 aliphatic rings. The van der Waals surface area contributed by atoms with Crippen molar-refractivity contribution in [3.8, 4) is 22.3 Å². The molecule has 2 heterocycles. The summed E-state index contributed by atoms with van der Waals surface area (Å²) >= 11 is 0. The van der Waals surface area contributed by atoms with Gasteiger partial charge in [0, 0.05) is 38.7 Å². The van der Waals surface area contributed by atoms with Crippen molar-refractivity contribution in [1.82, 2.24) is 0 Å². The molecule has 4 nitrogen and oxygen atoms in total. The van der Waals surface area contributed by atoms with Crippen LogP contribution >= 0.6 is 0 Å². The highest BCUT2D eigenvalue weighted by atomic mass is 16.7. The van der Waals surface area contributed by atoms with E-state index >= 15 is 0 Å². The van der Waals surface area contributed by atoms with Gasteiger partial charge in [-0.2, -0.15) is 0 Å². The maximum absolute atomic E-state index is 6.59. The summed E-state index contributed by atoms with van der Waals surface area (Å²) in [7, 11) is -0.512. The molecule has 6 aromatic carbocycles. The van der Waals surface area contributed by atoms with E-state index in [1.807, 2.05) is 0 Å². The first-order chi connectivity index (χ1) is 24.0. The quantitative estimate of drug-likeness (QED) is 0.173. The number of furan rings is 1. The largest absolute Gasteiger partial charge is 0.498 e. The first-order valence-corrected chi connectivity index (χ1v) is 17.5. The lowest BCUT2D eigenvalue weighted by molar-refractivity contribution is 0.00578. The number of anilines is 3. The summed E-state index contributed by atoms with van der Waals surface area (Å²) in [6.07, 6.45) is 0. The summed E-state index contributed by atoms with van der Waals surface area (Å²) in [5, 5.41) is 2.09. The van der Waals surface area contributed by atoms with Gasteiger partial charge in [0.2, 0.25) is 0 Å². The molecule has 50 heavy (non-hydrogen) atoms. The summed E-state index contributed by atoms with van der Waals surface area (Å²) < 4.78 is 19.5. The summed E-state index contributed by atoms with van der Waals surface area (Å²) in [4.78, 5) is 2.37. The second kappa shape index (κ2) is 11.0. The van der Waals surface area contributed by atoms with E-state index in [1.54, 1.807) is 0 Å². The van der Waals surface area contributed by atoms with Crippen molar-refractivity contribution >= 4 is 51.6 Å². The van der Waals surface area contributed by atoms with E-state index in [0.29, 0.717) is 0 Å². The molecule has 0 saturated carbocycles. The van der Waals surface area contributed by atoms with E-state index < -0.39 is 18.3 Å². The van der Waals surface area contributed by atoms with Gasteiger partial charge in [0.25, 0.3) is 0 Å². The molecule has 0 bridgehead atoms. The Morgan fingerprint density at radius 3 is 1.88 bits per heavy atom. The fourth-order valence-electron chi connectivity index (χ4n) is 7.82. The van der Waals surface area contributed by atoms with Crippen molar-refractivity contribution in [2.24, 2.45) is 0 Å². The number of rotatable bonds is 5. The van der Waals surface area contributed by atoms with Gasteiger partial charge in [0.05, 0.1) is 11.2 Å². The molecule has 7 aromatic rings. The van der Waals surface area contributed by atoms with Crippen molar-refractivity contribution < 1.29 is 13.7 Å². The third-order valence-corrected chi connectivity index (χ3v) is 11.3. The third kappa shape index (κ3) is 4.68. The first-order valence-electron chi connectivity index (χ1n) is 17.5. The fraction of sp³-hybridized carbons (Fsp3) is 0.200. The Morgan fingerprint density at radius 2 is 1.12 bits per heavy atom. The van der Waals surface area contributed by atoms with Crippen LogP contribution in [0.2, 0.25) is 0 Å². The molecule has 0 N–H and O–H groups in total. The number of nitrogens with zero attached hydrogens (tertiary/aromatic N) is 1. The lowest BCUT2D eigenvalue weighted by Gasteiger charge is -2.32. The fourth-order valence-corrected chi connectivity index (χ4v) is 7.82.